The Morgan fingerprint density at radius 1 is 0.299 bits per heavy atom. The Labute approximate surface area is 393 Å². The molecule has 67 heavy (non-hydrogen) atoms. The van der Waals surface area contributed by atoms with Crippen LogP contribution < -0.4 is 4.90 Å². The van der Waals surface area contributed by atoms with Gasteiger partial charge >= 0.3 is 0 Å². The normalized spacial score (nSPS) is 11.6. The van der Waals surface area contributed by atoms with Gasteiger partial charge in [0.2, 0.25) is 0 Å². The molecule has 0 saturated heterocycles. The first-order valence-electron chi connectivity index (χ1n) is 22.9. The SMILES string of the molecule is c1cc(-c2ccc(N(c3ccc(-c4cccc(-n5c6ccccc6c6ccccc65)c4)cc3)c3ccccc3-c3ccc4sc5ccccc5c4c3)cc2)cc(-c2cccc3ccccc23)c1. The standard InChI is InChI=1S/C64H42N2S/c1-2-20-53-45(14-1)15-13-25-54(53)48-18-11-16-46(40-48)43-30-35-50(36-31-43)65(60-26-7-3-21-55(60)49-34-39-64-59(42-49)58-24-6-10-29-63(58)67-64)51-37-32-44(33-38-51)47-17-12-19-52(41-47)66-61-27-8-4-22-56(61)57-23-5-9-28-62(57)66/h1-42H. The molecule has 0 radical (unpaired) electrons. The van der Waals surface area contributed by atoms with E-state index in [1.807, 2.05) is 11.3 Å². The molecule has 0 fully saturated rings. The summed E-state index contributed by atoms with van der Waals surface area (Å²) in [6.45, 7) is 0. The Morgan fingerprint density at radius 3 is 1.55 bits per heavy atom. The molecule has 0 amide bonds. The van der Waals surface area contributed by atoms with Gasteiger partial charge in [-0.1, -0.05) is 176 Å². The third kappa shape index (κ3) is 6.79. The number of thiophene rings is 1. The first-order valence-corrected chi connectivity index (χ1v) is 23.7. The van der Waals surface area contributed by atoms with E-state index in [2.05, 4.69) is 264 Å². The minimum atomic E-state index is 1.09. The molecule has 0 bridgehead atoms. The molecule has 11 aromatic carbocycles. The Balaban J connectivity index is 0.910. The number of benzene rings is 11. The van der Waals surface area contributed by atoms with E-state index in [0.717, 1.165) is 28.3 Å². The number of nitrogens with zero attached hydrogens (tertiary/aromatic N) is 2. The van der Waals surface area contributed by atoms with Crippen LogP contribution in [0.25, 0.3) is 103 Å². The molecule has 0 unspecified atom stereocenters. The lowest BCUT2D eigenvalue weighted by molar-refractivity contribution is 1.18. The summed E-state index contributed by atoms with van der Waals surface area (Å²) in [4.78, 5) is 2.42. The van der Waals surface area contributed by atoms with Gasteiger partial charge < -0.3 is 9.47 Å². The van der Waals surface area contributed by atoms with Crippen LogP contribution in [0.4, 0.5) is 17.1 Å². The number of aromatic nitrogens is 1. The van der Waals surface area contributed by atoms with Crippen molar-refractivity contribution in [2.24, 2.45) is 0 Å². The Kier molecular flexibility index (Phi) is 9.40. The smallest absolute Gasteiger partial charge is 0.0541 e. The summed E-state index contributed by atoms with van der Waals surface area (Å²) >= 11 is 1.86. The Bertz CT molecular complexity index is 3930. The molecule has 0 N–H and O–H groups in total. The highest BCUT2D eigenvalue weighted by atomic mass is 32.1. The fraction of sp³-hybridized carbons (Fsp3) is 0. The Morgan fingerprint density at radius 2 is 0.806 bits per heavy atom. The van der Waals surface area contributed by atoms with Gasteiger partial charge in [0.1, 0.15) is 0 Å². The van der Waals surface area contributed by atoms with Gasteiger partial charge in [0.15, 0.2) is 0 Å². The topological polar surface area (TPSA) is 8.17 Å². The van der Waals surface area contributed by atoms with Crippen LogP contribution in [0.2, 0.25) is 0 Å². The van der Waals surface area contributed by atoms with Crippen molar-refractivity contribution >= 4 is 81.1 Å². The summed E-state index contributed by atoms with van der Waals surface area (Å²) in [5.41, 5.74) is 16.4. The van der Waals surface area contributed by atoms with E-state index in [1.165, 1.54) is 91.7 Å². The van der Waals surface area contributed by atoms with E-state index in [9.17, 15) is 0 Å². The maximum Gasteiger partial charge on any atom is 0.0541 e. The van der Waals surface area contributed by atoms with Crippen LogP contribution in [0, 0.1) is 0 Å². The molecular weight excluding hydrogens is 829 g/mol. The van der Waals surface area contributed by atoms with Crippen molar-refractivity contribution in [2.45, 2.75) is 0 Å². The highest BCUT2D eigenvalue weighted by Gasteiger charge is 2.19. The first kappa shape index (κ1) is 38.9. The lowest BCUT2D eigenvalue weighted by atomic mass is 9.95. The van der Waals surface area contributed by atoms with Crippen molar-refractivity contribution in [1.82, 2.24) is 4.57 Å². The summed E-state index contributed by atoms with van der Waals surface area (Å²) in [6.07, 6.45) is 0. The molecule has 2 heterocycles. The summed E-state index contributed by atoms with van der Waals surface area (Å²) in [6, 6.07) is 93.2. The largest absolute Gasteiger partial charge is 0.310 e. The summed E-state index contributed by atoms with van der Waals surface area (Å²) in [7, 11) is 0. The molecule has 0 aliphatic carbocycles. The fourth-order valence-electron chi connectivity index (χ4n) is 10.2. The average molecular weight is 871 g/mol. The van der Waals surface area contributed by atoms with Gasteiger partial charge in [-0.25, -0.2) is 0 Å². The lowest BCUT2D eigenvalue weighted by Gasteiger charge is -2.28. The molecule has 2 nitrogen and oxygen atoms in total. The molecule has 2 aromatic heterocycles. The maximum atomic E-state index is 2.42. The van der Waals surface area contributed by atoms with Crippen molar-refractivity contribution in [3.05, 3.63) is 255 Å². The van der Waals surface area contributed by atoms with Crippen molar-refractivity contribution in [3.63, 3.8) is 0 Å². The predicted octanol–water partition coefficient (Wildman–Crippen LogP) is 18.4. The predicted molar refractivity (Wildman–Crippen MR) is 288 cm³/mol. The van der Waals surface area contributed by atoms with Gasteiger partial charge in [-0.05, 0) is 129 Å². The van der Waals surface area contributed by atoms with Crippen LogP contribution >= 0.6 is 11.3 Å². The third-order valence-corrected chi connectivity index (χ3v) is 14.5. The van der Waals surface area contributed by atoms with Gasteiger partial charge in [0.25, 0.3) is 0 Å². The monoisotopic (exact) mass is 870 g/mol. The van der Waals surface area contributed by atoms with E-state index in [1.54, 1.807) is 0 Å². The van der Waals surface area contributed by atoms with Crippen molar-refractivity contribution in [3.8, 4) is 50.2 Å². The van der Waals surface area contributed by atoms with Crippen LogP contribution in [0.1, 0.15) is 0 Å². The maximum absolute atomic E-state index is 2.42. The molecule has 0 aliphatic heterocycles. The van der Waals surface area contributed by atoms with Crippen molar-refractivity contribution in [1.29, 1.82) is 0 Å². The highest BCUT2D eigenvalue weighted by molar-refractivity contribution is 7.25. The second-order valence-electron chi connectivity index (χ2n) is 17.3. The van der Waals surface area contributed by atoms with Crippen LogP contribution in [0.5, 0.6) is 0 Å². The van der Waals surface area contributed by atoms with Gasteiger partial charge in [-0.15, -0.1) is 11.3 Å². The minimum Gasteiger partial charge on any atom is -0.310 e. The lowest BCUT2D eigenvalue weighted by Crippen LogP contribution is -2.11. The molecule has 13 aromatic rings. The van der Waals surface area contributed by atoms with E-state index < -0.39 is 0 Å². The number of anilines is 3. The van der Waals surface area contributed by atoms with Gasteiger partial charge in [0.05, 0.1) is 16.7 Å². The van der Waals surface area contributed by atoms with E-state index in [-0.39, 0.29) is 0 Å². The van der Waals surface area contributed by atoms with Crippen LogP contribution in [0.15, 0.2) is 255 Å². The number of para-hydroxylation sites is 3. The number of rotatable bonds is 8. The van der Waals surface area contributed by atoms with E-state index in [0.29, 0.717) is 0 Å². The highest BCUT2D eigenvalue weighted by Crippen LogP contribution is 2.44. The van der Waals surface area contributed by atoms with Crippen LogP contribution in [-0.2, 0) is 0 Å². The minimum absolute atomic E-state index is 1.09. The second-order valence-corrected chi connectivity index (χ2v) is 18.4. The first-order chi connectivity index (χ1) is 33.2. The van der Waals surface area contributed by atoms with E-state index in [4.69, 9.17) is 0 Å². The molecule has 13 rings (SSSR count). The van der Waals surface area contributed by atoms with E-state index >= 15 is 0 Å². The zero-order valence-corrected chi connectivity index (χ0v) is 37.4. The molecule has 0 aliphatic rings. The molecule has 0 spiro atoms. The number of fused-ring (bicyclic) bond motifs is 7. The number of hydrogen-bond donors (Lipinski definition) is 0. The van der Waals surface area contributed by atoms with Gasteiger partial charge in [-0.2, -0.15) is 0 Å². The Hall–Kier alpha value is -8.50. The fourth-order valence-corrected chi connectivity index (χ4v) is 11.3. The number of hydrogen-bond acceptors (Lipinski definition) is 2. The molecule has 314 valence electrons. The zero-order valence-electron chi connectivity index (χ0n) is 36.6. The van der Waals surface area contributed by atoms with Gasteiger partial charge in [0, 0.05) is 53.6 Å². The average Bonchev–Trinajstić information content (AvgIpc) is 3.95. The van der Waals surface area contributed by atoms with Gasteiger partial charge in [-0.3, -0.25) is 0 Å². The summed E-state index contributed by atoms with van der Waals surface area (Å²) in [5.74, 6) is 0. The molecule has 0 saturated carbocycles. The van der Waals surface area contributed by atoms with Crippen molar-refractivity contribution < 1.29 is 0 Å². The van der Waals surface area contributed by atoms with Crippen LogP contribution in [-0.4, -0.2) is 4.57 Å². The van der Waals surface area contributed by atoms with Crippen molar-refractivity contribution in [2.75, 3.05) is 4.90 Å². The zero-order chi connectivity index (χ0) is 44.3. The summed E-state index contributed by atoms with van der Waals surface area (Å²) in [5, 5.41) is 7.64. The summed E-state index contributed by atoms with van der Waals surface area (Å²) < 4.78 is 5.01. The third-order valence-electron chi connectivity index (χ3n) is 13.4. The molecular formula is C64H42N2S. The van der Waals surface area contributed by atoms with Crippen LogP contribution in [0.3, 0.4) is 0 Å². The quantitative estimate of drug-likeness (QED) is 0.148. The molecule has 3 heteroatoms. The molecule has 0 atom stereocenters. The second kappa shape index (κ2) is 16.2.